The number of urea groups is 1. The minimum atomic E-state index is -0.257. The Morgan fingerprint density at radius 1 is 1.38 bits per heavy atom. The number of nitrogens with one attached hydrogen (secondary N) is 2. The monoisotopic (exact) mass is 326 g/mol. The van der Waals surface area contributed by atoms with E-state index in [4.69, 9.17) is 15.6 Å². The number of amides is 2. The summed E-state index contributed by atoms with van der Waals surface area (Å²) in [5.74, 6) is 4.74. The fourth-order valence-electron chi connectivity index (χ4n) is 2.49. The van der Waals surface area contributed by atoms with Gasteiger partial charge in [0.25, 0.3) is 0 Å². The van der Waals surface area contributed by atoms with Gasteiger partial charge in [0, 0.05) is 17.7 Å². The molecule has 0 saturated heterocycles. The maximum absolute atomic E-state index is 12.1. The minimum Gasteiger partial charge on any atom is -0.481 e. The van der Waals surface area contributed by atoms with E-state index < -0.39 is 0 Å². The number of carbonyl (C=O) groups excluding carboxylic acids is 1. The Bertz CT molecular complexity index is 743. The Morgan fingerprint density at radius 3 is 2.79 bits per heavy atom. The molecule has 0 bridgehead atoms. The largest absolute Gasteiger partial charge is 0.481 e. The lowest BCUT2D eigenvalue weighted by Gasteiger charge is -2.15. The molecule has 5 nitrogen and oxygen atoms in total. The van der Waals surface area contributed by atoms with Gasteiger partial charge in [-0.2, -0.15) is 0 Å². The highest BCUT2D eigenvalue weighted by Crippen LogP contribution is 2.21. The fourth-order valence-corrected chi connectivity index (χ4v) is 2.49. The highest BCUT2D eigenvalue weighted by atomic mass is 16.5. The molecule has 126 valence electrons. The molecule has 2 amide bonds. The van der Waals surface area contributed by atoms with Crippen molar-refractivity contribution in [3.05, 3.63) is 53.0 Å². The van der Waals surface area contributed by atoms with Gasteiger partial charge in [0.15, 0.2) is 0 Å². The van der Waals surface area contributed by atoms with Crippen molar-refractivity contribution in [2.24, 2.45) is 0 Å². The average Bonchev–Trinajstić information content (AvgIpc) is 2.90. The van der Waals surface area contributed by atoms with Crippen LogP contribution in [-0.2, 0) is 6.54 Å². The van der Waals surface area contributed by atoms with E-state index in [9.17, 15) is 4.79 Å². The number of rotatable bonds is 6. The zero-order valence-corrected chi connectivity index (χ0v) is 14.2. The number of terminal acetylenes is 1. The molecule has 0 radical (unpaired) electrons. The molecule has 2 N–H and O–H groups in total. The molecule has 2 aromatic rings. The molecule has 2 rings (SSSR count). The first-order chi connectivity index (χ1) is 11.5. The fraction of sp³-hybridized carbons (Fsp3) is 0.316. The first kappa shape index (κ1) is 17.5. The lowest BCUT2D eigenvalue weighted by atomic mass is 10.1. The molecular weight excluding hydrogens is 304 g/mol. The molecular formula is C19H22N2O3. The Balaban J connectivity index is 1.92. The van der Waals surface area contributed by atoms with E-state index >= 15 is 0 Å². The Kier molecular flexibility index (Phi) is 5.91. The van der Waals surface area contributed by atoms with Crippen LogP contribution in [0.25, 0.3) is 0 Å². The van der Waals surface area contributed by atoms with E-state index in [0.717, 1.165) is 22.6 Å². The molecule has 0 spiro atoms. The molecule has 0 fully saturated rings. The maximum Gasteiger partial charge on any atom is 0.315 e. The third-order valence-corrected chi connectivity index (χ3v) is 3.62. The Labute approximate surface area is 142 Å². The normalized spacial score (nSPS) is 11.4. The van der Waals surface area contributed by atoms with E-state index in [1.807, 2.05) is 51.1 Å². The van der Waals surface area contributed by atoms with Crippen LogP contribution >= 0.6 is 0 Å². The smallest absolute Gasteiger partial charge is 0.315 e. The predicted octanol–water partition coefficient (Wildman–Crippen LogP) is 3.47. The number of carbonyl (C=O) groups is 1. The lowest BCUT2D eigenvalue weighted by Crippen LogP contribution is -2.36. The maximum atomic E-state index is 12.1. The van der Waals surface area contributed by atoms with Crippen LogP contribution in [0.3, 0.4) is 0 Å². The summed E-state index contributed by atoms with van der Waals surface area (Å²) in [6.07, 6.45) is 5.21. The molecule has 5 heteroatoms. The predicted molar refractivity (Wildman–Crippen MR) is 92.7 cm³/mol. The van der Waals surface area contributed by atoms with Crippen molar-refractivity contribution in [3.8, 4) is 18.1 Å². The van der Waals surface area contributed by atoms with Crippen molar-refractivity contribution >= 4 is 6.03 Å². The van der Waals surface area contributed by atoms with Crippen molar-refractivity contribution < 1.29 is 13.9 Å². The quantitative estimate of drug-likeness (QED) is 0.799. The zero-order valence-electron chi connectivity index (χ0n) is 14.2. The molecule has 24 heavy (non-hydrogen) atoms. The van der Waals surface area contributed by atoms with E-state index in [0.29, 0.717) is 12.3 Å². The molecule has 0 aliphatic heterocycles. The van der Waals surface area contributed by atoms with Gasteiger partial charge in [0.1, 0.15) is 23.9 Å². The van der Waals surface area contributed by atoms with E-state index in [1.54, 1.807) is 0 Å². The van der Waals surface area contributed by atoms with Crippen LogP contribution in [0.1, 0.15) is 35.6 Å². The van der Waals surface area contributed by atoms with Gasteiger partial charge in [-0.1, -0.05) is 24.1 Å². The number of furan rings is 1. The van der Waals surface area contributed by atoms with E-state index in [1.165, 1.54) is 0 Å². The lowest BCUT2D eigenvalue weighted by molar-refractivity contribution is 0.237. The molecule has 0 aliphatic rings. The van der Waals surface area contributed by atoms with E-state index in [2.05, 4.69) is 16.6 Å². The molecule has 1 atom stereocenters. The van der Waals surface area contributed by atoms with Gasteiger partial charge in [0.05, 0.1) is 6.04 Å². The first-order valence-electron chi connectivity index (χ1n) is 7.76. The Morgan fingerprint density at radius 2 is 2.12 bits per heavy atom. The molecule has 0 unspecified atom stereocenters. The van der Waals surface area contributed by atoms with Crippen molar-refractivity contribution in [1.82, 2.24) is 10.6 Å². The van der Waals surface area contributed by atoms with Gasteiger partial charge in [-0.3, -0.25) is 0 Å². The van der Waals surface area contributed by atoms with Crippen molar-refractivity contribution in [3.63, 3.8) is 0 Å². The molecule has 1 aromatic heterocycles. The Hall–Kier alpha value is -2.87. The summed E-state index contributed by atoms with van der Waals surface area (Å²) in [5, 5.41) is 5.73. The highest BCUT2D eigenvalue weighted by Gasteiger charge is 2.15. The van der Waals surface area contributed by atoms with Crippen LogP contribution in [0.4, 0.5) is 4.79 Å². The SMILES string of the molecule is C#CCOc1ccccc1CNC(=O)N[C@@H](C)c1cc(C)oc1C. The third kappa shape index (κ3) is 4.56. The van der Waals surface area contributed by atoms with Crippen molar-refractivity contribution in [2.75, 3.05) is 6.61 Å². The van der Waals surface area contributed by atoms with Crippen LogP contribution in [0.2, 0.25) is 0 Å². The summed E-state index contributed by atoms with van der Waals surface area (Å²) < 4.78 is 11.0. The van der Waals surface area contributed by atoms with Crippen LogP contribution in [0.15, 0.2) is 34.7 Å². The molecule has 1 aromatic carbocycles. The molecule has 0 saturated carbocycles. The highest BCUT2D eigenvalue weighted by molar-refractivity contribution is 5.74. The number of hydrogen-bond donors (Lipinski definition) is 2. The van der Waals surface area contributed by atoms with Crippen molar-refractivity contribution in [1.29, 1.82) is 0 Å². The standard InChI is InChI=1S/C19H22N2O3/c1-5-10-23-18-9-7-6-8-16(18)12-20-19(22)21-14(3)17-11-13(2)24-15(17)4/h1,6-9,11,14H,10,12H2,2-4H3,(H2,20,21,22)/t14-/m0/s1. The van der Waals surface area contributed by atoms with Crippen LogP contribution in [-0.4, -0.2) is 12.6 Å². The van der Waals surface area contributed by atoms with Gasteiger partial charge in [-0.15, -0.1) is 6.42 Å². The summed E-state index contributed by atoms with van der Waals surface area (Å²) in [7, 11) is 0. The van der Waals surface area contributed by atoms with Crippen molar-refractivity contribution in [2.45, 2.75) is 33.4 Å². The van der Waals surface area contributed by atoms with Gasteiger partial charge in [-0.25, -0.2) is 4.79 Å². The van der Waals surface area contributed by atoms with Gasteiger partial charge in [-0.05, 0) is 32.9 Å². The van der Waals surface area contributed by atoms with Crippen LogP contribution in [0.5, 0.6) is 5.75 Å². The summed E-state index contributed by atoms with van der Waals surface area (Å²) in [6, 6.07) is 9.00. The number of hydrogen-bond acceptors (Lipinski definition) is 3. The minimum absolute atomic E-state index is 0.143. The second-order valence-corrected chi connectivity index (χ2v) is 5.52. The third-order valence-electron chi connectivity index (χ3n) is 3.62. The zero-order chi connectivity index (χ0) is 17.5. The summed E-state index contributed by atoms with van der Waals surface area (Å²) >= 11 is 0. The van der Waals surface area contributed by atoms with Gasteiger partial charge < -0.3 is 19.8 Å². The second-order valence-electron chi connectivity index (χ2n) is 5.52. The molecule has 1 heterocycles. The van der Waals surface area contributed by atoms with E-state index in [-0.39, 0.29) is 18.7 Å². The van der Waals surface area contributed by atoms with Crippen LogP contribution < -0.4 is 15.4 Å². The first-order valence-corrected chi connectivity index (χ1v) is 7.76. The van der Waals surface area contributed by atoms with Gasteiger partial charge in [0.2, 0.25) is 0 Å². The number of aryl methyl sites for hydroxylation is 2. The summed E-state index contributed by atoms with van der Waals surface area (Å²) in [5.41, 5.74) is 1.84. The number of ether oxygens (including phenoxy) is 1. The second kappa shape index (κ2) is 8.11. The van der Waals surface area contributed by atoms with Crippen LogP contribution in [0, 0.1) is 26.2 Å². The number of benzene rings is 1. The number of para-hydroxylation sites is 1. The topological polar surface area (TPSA) is 63.5 Å². The van der Waals surface area contributed by atoms with Gasteiger partial charge >= 0.3 is 6.03 Å². The molecule has 0 aliphatic carbocycles. The summed E-state index contributed by atoms with van der Waals surface area (Å²) in [6.45, 7) is 6.23. The summed E-state index contributed by atoms with van der Waals surface area (Å²) in [4.78, 5) is 12.1. The average molecular weight is 326 g/mol.